The van der Waals surface area contributed by atoms with Gasteiger partial charge in [-0.15, -0.1) is 0 Å². The minimum Gasteiger partial charge on any atom is -0.411 e. The molecule has 0 amide bonds. The number of ketones is 1. The van der Waals surface area contributed by atoms with Crippen LogP contribution in [0.3, 0.4) is 0 Å². The lowest BCUT2D eigenvalue weighted by molar-refractivity contribution is -0.155. The van der Waals surface area contributed by atoms with Gasteiger partial charge >= 0.3 is 0 Å². The summed E-state index contributed by atoms with van der Waals surface area (Å²) in [5.74, 6) is 1.62. The van der Waals surface area contributed by atoms with E-state index in [1.54, 1.807) is 0 Å². The van der Waals surface area contributed by atoms with E-state index in [1.165, 1.54) is 25.7 Å². The van der Waals surface area contributed by atoms with Crippen molar-refractivity contribution in [2.75, 3.05) is 0 Å². The van der Waals surface area contributed by atoms with Gasteiger partial charge < -0.3 is 4.43 Å². The van der Waals surface area contributed by atoms with E-state index in [0.717, 1.165) is 18.4 Å². The Hall–Kier alpha value is -0.413. The molecule has 4 rings (SSSR count). The number of carbonyl (C=O) groups is 1. The molecule has 4 aliphatic carbocycles. The van der Waals surface area contributed by atoms with E-state index in [-0.39, 0.29) is 21.5 Å². The number of hydrogen-bond donors (Lipinski definition) is 0. The number of hydrogen-bond acceptors (Lipinski definition) is 2. The minimum atomic E-state index is -1.78. The molecule has 0 unspecified atom stereocenters. The molecule has 6 atom stereocenters. The molecule has 2 nitrogen and oxygen atoms in total. The lowest BCUT2D eigenvalue weighted by Crippen LogP contribution is -2.59. The molecular formula is C25H42O2Si. The zero-order valence-electron chi connectivity index (χ0n) is 19.8. The van der Waals surface area contributed by atoms with Gasteiger partial charge in [0.15, 0.2) is 14.1 Å². The van der Waals surface area contributed by atoms with Gasteiger partial charge in [-0.2, -0.15) is 0 Å². The van der Waals surface area contributed by atoms with Crippen molar-refractivity contribution in [3.63, 3.8) is 0 Å². The second-order valence-electron chi connectivity index (χ2n) is 13.0. The van der Waals surface area contributed by atoms with E-state index in [1.807, 2.05) is 6.92 Å². The number of fused-ring (bicyclic) bond motifs is 5. The fraction of sp³-hybridized carbons (Fsp3) is 0.880. The van der Waals surface area contributed by atoms with Crippen molar-refractivity contribution >= 4 is 14.1 Å². The highest BCUT2D eigenvalue weighted by molar-refractivity contribution is 6.74. The predicted octanol–water partition coefficient (Wildman–Crippen LogP) is 6.91. The van der Waals surface area contributed by atoms with E-state index in [9.17, 15) is 4.79 Å². The van der Waals surface area contributed by atoms with Crippen LogP contribution in [0.4, 0.5) is 0 Å². The summed E-state index contributed by atoms with van der Waals surface area (Å²) in [4.78, 5) is 13.1. The smallest absolute Gasteiger partial charge is 0.192 e. The third kappa shape index (κ3) is 2.44. The quantitative estimate of drug-likeness (QED) is 0.469. The molecule has 0 aromatic carbocycles. The van der Waals surface area contributed by atoms with Gasteiger partial charge in [-0.3, -0.25) is 4.79 Å². The van der Waals surface area contributed by atoms with Crippen LogP contribution in [0.2, 0.25) is 18.1 Å². The molecule has 0 heterocycles. The molecule has 0 bridgehead atoms. The Bertz CT molecular complexity index is 746. The first-order valence-corrected chi connectivity index (χ1v) is 14.5. The van der Waals surface area contributed by atoms with Gasteiger partial charge in [0, 0.05) is 10.8 Å². The molecule has 0 saturated heterocycles. The number of allylic oxidation sites excluding steroid dienone is 2. The second-order valence-corrected chi connectivity index (χ2v) is 17.7. The zero-order valence-corrected chi connectivity index (χ0v) is 20.8. The first-order chi connectivity index (χ1) is 12.6. The van der Waals surface area contributed by atoms with Gasteiger partial charge in [-0.25, -0.2) is 0 Å². The minimum absolute atomic E-state index is 0.109. The second kappa shape index (κ2) is 5.63. The summed E-state index contributed by atoms with van der Waals surface area (Å²) in [6.45, 7) is 21.3. The van der Waals surface area contributed by atoms with Crippen molar-refractivity contribution in [3.8, 4) is 0 Å². The molecule has 0 aromatic rings. The average Bonchev–Trinajstić information content (AvgIpc) is 3.15. The van der Waals surface area contributed by atoms with Crippen LogP contribution in [0.5, 0.6) is 0 Å². The van der Waals surface area contributed by atoms with Gasteiger partial charge in [0.2, 0.25) is 0 Å². The van der Waals surface area contributed by atoms with E-state index in [0.29, 0.717) is 23.0 Å². The topological polar surface area (TPSA) is 26.3 Å². The monoisotopic (exact) mass is 402 g/mol. The molecular weight excluding hydrogens is 360 g/mol. The lowest BCUT2D eigenvalue weighted by atomic mass is 9.43. The largest absolute Gasteiger partial charge is 0.411 e. The van der Waals surface area contributed by atoms with Crippen LogP contribution in [-0.2, 0) is 9.22 Å². The molecule has 158 valence electrons. The Morgan fingerprint density at radius 1 is 1.07 bits per heavy atom. The van der Waals surface area contributed by atoms with E-state index in [2.05, 4.69) is 60.7 Å². The fourth-order valence-corrected chi connectivity index (χ4v) is 9.32. The van der Waals surface area contributed by atoms with E-state index in [4.69, 9.17) is 4.43 Å². The van der Waals surface area contributed by atoms with Crippen molar-refractivity contribution in [2.24, 2.45) is 28.1 Å². The maximum atomic E-state index is 13.1. The zero-order chi connectivity index (χ0) is 21.0. The Morgan fingerprint density at radius 3 is 2.32 bits per heavy atom. The fourth-order valence-electron chi connectivity index (χ4n) is 7.63. The van der Waals surface area contributed by atoms with Crippen LogP contribution >= 0.6 is 0 Å². The van der Waals surface area contributed by atoms with Gasteiger partial charge in [-0.1, -0.05) is 47.6 Å². The highest BCUT2D eigenvalue weighted by Crippen LogP contribution is 2.78. The number of carbonyl (C=O) groups excluding carboxylic acids is 1. The summed E-state index contributed by atoms with van der Waals surface area (Å²) >= 11 is 0. The first kappa shape index (κ1) is 20.8. The Balaban J connectivity index is 1.66. The summed E-state index contributed by atoms with van der Waals surface area (Å²) in [6, 6.07) is 0. The van der Waals surface area contributed by atoms with Crippen molar-refractivity contribution in [3.05, 3.63) is 11.6 Å². The predicted molar refractivity (Wildman–Crippen MR) is 119 cm³/mol. The van der Waals surface area contributed by atoms with E-state index < -0.39 is 8.32 Å². The average molecular weight is 403 g/mol. The van der Waals surface area contributed by atoms with Crippen molar-refractivity contribution in [1.82, 2.24) is 0 Å². The molecule has 0 radical (unpaired) electrons. The molecule has 3 saturated carbocycles. The van der Waals surface area contributed by atoms with Gasteiger partial charge in [0.25, 0.3) is 0 Å². The third-order valence-corrected chi connectivity index (χ3v) is 15.0. The molecule has 0 N–H and O–H groups in total. The van der Waals surface area contributed by atoms with Crippen LogP contribution < -0.4 is 0 Å². The van der Waals surface area contributed by atoms with Crippen LogP contribution in [0.1, 0.15) is 87.0 Å². The lowest BCUT2D eigenvalue weighted by Gasteiger charge is -2.61. The molecule has 0 aliphatic heterocycles. The molecule has 28 heavy (non-hydrogen) atoms. The van der Waals surface area contributed by atoms with Crippen molar-refractivity contribution in [2.45, 2.75) is 111 Å². The van der Waals surface area contributed by atoms with Crippen LogP contribution in [0.25, 0.3) is 0 Å². The summed E-state index contributed by atoms with van der Waals surface area (Å²) in [5.41, 5.74) is 1.54. The normalized spacial score (nSPS) is 48.3. The SMILES string of the molecule is CC1=CC[C@H]2[C@]3(C)CC[C@]4(O[Si](C)(C)C(C)(C)C)C[C@]4(C)[C@H]3CC[C@]2(C)C1=O. The Morgan fingerprint density at radius 2 is 1.71 bits per heavy atom. The molecule has 3 heteroatoms. The van der Waals surface area contributed by atoms with E-state index >= 15 is 0 Å². The summed E-state index contributed by atoms with van der Waals surface area (Å²) in [7, 11) is -1.78. The molecule has 3 fully saturated rings. The molecule has 0 spiro atoms. The standard InChI is InChI=1S/C25H42O2Si/c1-17-10-11-18-22(5)14-15-25(27-28(8,9)21(2,3)4)16-24(25,7)19(22)12-13-23(18,6)20(17)26/h10,18-19H,11-16H2,1-9H3/t18-,19-,22-,23-,24+,25-/m0/s1. The van der Waals surface area contributed by atoms with Crippen LogP contribution in [0.15, 0.2) is 11.6 Å². The summed E-state index contributed by atoms with van der Waals surface area (Å²) < 4.78 is 7.16. The highest BCUT2D eigenvalue weighted by Gasteiger charge is 2.77. The van der Waals surface area contributed by atoms with Gasteiger partial charge in [-0.05, 0) is 86.4 Å². The highest BCUT2D eigenvalue weighted by atomic mass is 28.4. The molecule has 0 aromatic heterocycles. The van der Waals surface area contributed by atoms with Crippen LogP contribution in [0, 0.1) is 28.1 Å². The van der Waals surface area contributed by atoms with Crippen molar-refractivity contribution < 1.29 is 9.22 Å². The number of rotatable bonds is 2. The van der Waals surface area contributed by atoms with Crippen molar-refractivity contribution in [1.29, 1.82) is 0 Å². The Kier molecular flexibility index (Phi) is 4.19. The van der Waals surface area contributed by atoms with Gasteiger partial charge in [0.05, 0.1) is 5.60 Å². The summed E-state index contributed by atoms with van der Waals surface area (Å²) in [6.07, 6.45) is 9.24. The maximum Gasteiger partial charge on any atom is 0.192 e. The first-order valence-electron chi connectivity index (χ1n) is 11.5. The summed E-state index contributed by atoms with van der Waals surface area (Å²) in [5, 5.41) is 0.259. The third-order valence-electron chi connectivity index (χ3n) is 10.5. The molecule has 4 aliphatic rings. The maximum absolute atomic E-state index is 13.1. The van der Waals surface area contributed by atoms with Gasteiger partial charge in [0.1, 0.15) is 0 Å². The number of Topliss-reactive ketones (excluding diaryl/α,β-unsaturated/α-hetero) is 1. The Labute approximate surface area is 174 Å². The van der Waals surface area contributed by atoms with Crippen LogP contribution in [-0.4, -0.2) is 19.7 Å².